The molecule has 0 aromatic carbocycles. The highest BCUT2D eigenvalue weighted by Crippen LogP contribution is 2.36. The Morgan fingerprint density at radius 2 is 2.18 bits per heavy atom. The average molecular weight is 252 g/mol. The lowest BCUT2D eigenvalue weighted by Crippen LogP contribution is -2.42. The van der Waals surface area contributed by atoms with E-state index >= 15 is 0 Å². The van der Waals surface area contributed by atoms with Gasteiger partial charge in [-0.05, 0) is 53.7 Å². The van der Waals surface area contributed by atoms with Crippen molar-refractivity contribution in [3.8, 4) is 0 Å². The molecule has 0 radical (unpaired) electrons. The molecule has 17 heavy (non-hydrogen) atoms. The van der Waals surface area contributed by atoms with Crippen LogP contribution in [0.2, 0.25) is 0 Å². The Balaban J connectivity index is 2.00. The predicted molar refractivity (Wildman–Crippen MR) is 75.3 cm³/mol. The van der Waals surface area contributed by atoms with Gasteiger partial charge in [0.1, 0.15) is 0 Å². The molecule has 3 heteroatoms. The highest BCUT2D eigenvalue weighted by Gasteiger charge is 2.31. The molecule has 1 atom stereocenters. The number of nitrogens with two attached hydrogens (primary N) is 1. The molecule has 1 unspecified atom stereocenters. The number of hydrogen-bond acceptors (Lipinski definition) is 3. The SMILES string of the molecule is CCC1(C)CCN(C(CN)c2ccsc2)CC1. The Labute approximate surface area is 109 Å². The fourth-order valence-electron chi connectivity index (χ4n) is 2.69. The zero-order valence-corrected chi connectivity index (χ0v) is 11.8. The molecule has 1 aliphatic heterocycles. The van der Waals surface area contributed by atoms with Gasteiger partial charge < -0.3 is 5.73 Å². The third-order valence-electron chi connectivity index (χ3n) is 4.45. The summed E-state index contributed by atoms with van der Waals surface area (Å²) in [6.45, 7) is 7.87. The quantitative estimate of drug-likeness (QED) is 0.891. The van der Waals surface area contributed by atoms with Gasteiger partial charge in [-0.15, -0.1) is 0 Å². The molecule has 1 aromatic rings. The van der Waals surface area contributed by atoms with E-state index in [0.717, 1.165) is 6.54 Å². The van der Waals surface area contributed by atoms with Crippen molar-refractivity contribution in [1.82, 2.24) is 4.90 Å². The molecule has 0 bridgehead atoms. The van der Waals surface area contributed by atoms with Crippen molar-refractivity contribution < 1.29 is 0 Å². The number of piperidine rings is 1. The van der Waals surface area contributed by atoms with Gasteiger partial charge in [0.15, 0.2) is 0 Å². The molecule has 2 N–H and O–H groups in total. The van der Waals surface area contributed by atoms with Crippen LogP contribution in [0.4, 0.5) is 0 Å². The minimum Gasteiger partial charge on any atom is -0.329 e. The molecule has 1 saturated heterocycles. The van der Waals surface area contributed by atoms with E-state index in [1.54, 1.807) is 11.3 Å². The third-order valence-corrected chi connectivity index (χ3v) is 5.15. The first-order valence-corrected chi connectivity index (χ1v) is 7.59. The molecule has 1 fully saturated rings. The summed E-state index contributed by atoms with van der Waals surface area (Å²) in [5, 5.41) is 4.39. The molecular formula is C14H24N2S. The van der Waals surface area contributed by atoms with E-state index in [1.807, 2.05) is 0 Å². The lowest BCUT2D eigenvalue weighted by Gasteiger charge is -2.42. The van der Waals surface area contributed by atoms with Crippen LogP contribution >= 0.6 is 11.3 Å². The minimum absolute atomic E-state index is 0.433. The van der Waals surface area contributed by atoms with Crippen LogP contribution in [0, 0.1) is 5.41 Å². The molecule has 2 rings (SSSR count). The summed E-state index contributed by atoms with van der Waals surface area (Å²) in [5.74, 6) is 0. The molecular weight excluding hydrogens is 228 g/mol. The van der Waals surface area contributed by atoms with Crippen LogP contribution in [0.25, 0.3) is 0 Å². The van der Waals surface area contributed by atoms with E-state index in [0.29, 0.717) is 11.5 Å². The second-order valence-electron chi connectivity index (χ2n) is 5.51. The normalized spacial score (nSPS) is 22.5. The average Bonchev–Trinajstić information content (AvgIpc) is 2.87. The Bertz CT molecular complexity index is 326. The monoisotopic (exact) mass is 252 g/mol. The second-order valence-corrected chi connectivity index (χ2v) is 6.29. The van der Waals surface area contributed by atoms with Gasteiger partial charge in [-0.25, -0.2) is 0 Å². The molecule has 2 nitrogen and oxygen atoms in total. The lowest BCUT2D eigenvalue weighted by molar-refractivity contribution is 0.0830. The molecule has 1 aromatic heterocycles. The number of likely N-dealkylation sites (tertiary alicyclic amines) is 1. The van der Waals surface area contributed by atoms with E-state index in [2.05, 4.69) is 35.6 Å². The molecule has 2 heterocycles. The molecule has 0 saturated carbocycles. The van der Waals surface area contributed by atoms with Crippen molar-refractivity contribution in [1.29, 1.82) is 0 Å². The fraction of sp³-hybridized carbons (Fsp3) is 0.714. The van der Waals surface area contributed by atoms with Gasteiger partial charge in [0, 0.05) is 12.6 Å². The highest BCUT2D eigenvalue weighted by atomic mass is 32.1. The van der Waals surface area contributed by atoms with Gasteiger partial charge in [0.2, 0.25) is 0 Å². The van der Waals surface area contributed by atoms with Gasteiger partial charge in [0.25, 0.3) is 0 Å². The van der Waals surface area contributed by atoms with E-state index in [4.69, 9.17) is 5.73 Å². The summed E-state index contributed by atoms with van der Waals surface area (Å²) in [7, 11) is 0. The number of thiophene rings is 1. The minimum atomic E-state index is 0.433. The molecule has 96 valence electrons. The number of rotatable bonds is 4. The fourth-order valence-corrected chi connectivity index (χ4v) is 3.40. The summed E-state index contributed by atoms with van der Waals surface area (Å²) in [6.07, 6.45) is 3.92. The zero-order chi connectivity index (χ0) is 12.3. The summed E-state index contributed by atoms with van der Waals surface area (Å²) in [6, 6.07) is 2.65. The lowest BCUT2D eigenvalue weighted by atomic mass is 9.78. The molecule has 0 spiro atoms. The first kappa shape index (κ1) is 13.1. The molecule has 0 aliphatic carbocycles. The maximum Gasteiger partial charge on any atom is 0.0478 e. The van der Waals surface area contributed by atoms with Crippen molar-refractivity contribution >= 4 is 11.3 Å². The number of nitrogens with zero attached hydrogens (tertiary/aromatic N) is 1. The van der Waals surface area contributed by atoms with Crippen LogP contribution in [0.3, 0.4) is 0 Å². The topological polar surface area (TPSA) is 29.3 Å². The molecule has 0 amide bonds. The van der Waals surface area contributed by atoms with Crippen LogP contribution in [0.15, 0.2) is 16.8 Å². The van der Waals surface area contributed by atoms with Gasteiger partial charge in [-0.3, -0.25) is 4.90 Å². The van der Waals surface area contributed by atoms with E-state index in [1.165, 1.54) is 37.9 Å². The van der Waals surface area contributed by atoms with Crippen molar-refractivity contribution in [3.05, 3.63) is 22.4 Å². The van der Waals surface area contributed by atoms with Crippen molar-refractivity contribution in [3.63, 3.8) is 0 Å². The summed E-state index contributed by atoms with van der Waals surface area (Å²) in [5.41, 5.74) is 7.92. The first-order valence-electron chi connectivity index (χ1n) is 6.65. The summed E-state index contributed by atoms with van der Waals surface area (Å²) < 4.78 is 0. The van der Waals surface area contributed by atoms with Gasteiger partial charge in [-0.2, -0.15) is 11.3 Å². The highest BCUT2D eigenvalue weighted by molar-refractivity contribution is 7.07. The Kier molecular flexibility index (Phi) is 4.23. The van der Waals surface area contributed by atoms with E-state index < -0.39 is 0 Å². The van der Waals surface area contributed by atoms with Crippen LogP contribution in [0.1, 0.15) is 44.7 Å². The van der Waals surface area contributed by atoms with Gasteiger partial charge in [0.05, 0.1) is 0 Å². The Morgan fingerprint density at radius 3 is 2.65 bits per heavy atom. The summed E-state index contributed by atoms with van der Waals surface area (Å²) >= 11 is 1.77. The third kappa shape index (κ3) is 2.90. The van der Waals surface area contributed by atoms with E-state index in [-0.39, 0.29) is 0 Å². The van der Waals surface area contributed by atoms with Gasteiger partial charge >= 0.3 is 0 Å². The Morgan fingerprint density at radius 1 is 1.47 bits per heavy atom. The van der Waals surface area contributed by atoms with Crippen molar-refractivity contribution in [2.75, 3.05) is 19.6 Å². The number of hydrogen-bond donors (Lipinski definition) is 1. The zero-order valence-electron chi connectivity index (χ0n) is 11.0. The van der Waals surface area contributed by atoms with Gasteiger partial charge in [-0.1, -0.05) is 20.3 Å². The predicted octanol–water partition coefficient (Wildman–Crippen LogP) is 3.26. The van der Waals surface area contributed by atoms with Crippen molar-refractivity contribution in [2.45, 2.75) is 39.2 Å². The van der Waals surface area contributed by atoms with Crippen molar-refractivity contribution in [2.24, 2.45) is 11.1 Å². The van der Waals surface area contributed by atoms with Crippen LogP contribution in [0.5, 0.6) is 0 Å². The van der Waals surface area contributed by atoms with Crippen LogP contribution < -0.4 is 5.73 Å². The smallest absolute Gasteiger partial charge is 0.0478 e. The van der Waals surface area contributed by atoms with Crippen LogP contribution in [-0.4, -0.2) is 24.5 Å². The van der Waals surface area contributed by atoms with E-state index in [9.17, 15) is 0 Å². The molecule has 1 aliphatic rings. The summed E-state index contributed by atoms with van der Waals surface area (Å²) in [4.78, 5) is 2.57. The maximum absolute atomic E-state index is 5.96. The largest absolute Gasteiger partial charge is 0.329 e. The van der Waals surface area contributed by atoms with Crippen LogP contribution in [-0.2, 0) is 0 Å². The Hall–Kier alpha value is -0.380. The standard InChI is InChI=1S/C14H24N2S/c1-3-14(2)5-7-16(8-6-14)13(10-15)12-4-9-17-11-12/h4,9,11,13H,3,5-8,10,15H2,1-2H3. The second kappa shape index (κ2) is 5.51. The maximum atomic E-state index is 5.96. The first-order chi connectivity index (χ1) is 8.18.